The second-order valence-electron chi connectivity index (χ2n) is 7.56. The molecular formula is C24H24N4O3S2. The van der Waals surface area contributed by atoms with Gasteiger partial charge in [-0.15, -0.1) is 11.8 Å². The second kappa shape index (κ2) is 10.7. The van der Waals surface area contributed by atoms with Crippen molar-refractivity contribution in [1.82, 2.24) is 9.55 Å². The van der Waals surface area contributed by atoms with Crippen LogP contribution in [-0.4, -0.2) is 32.9 Å². The van der Waals surface area contributed by atoms with Crippen molar-refractivity contribution in [1.29, 1.82) is 0 Å². The number of aromatic nitrogens is 2. The summed E-state index contributed by atoms with van der Waals surface area (Å²) in [7, 11) is 0. The van der Waals surface area contributed by atoms with Crippen molar-refractivity contribution in [3.05, 3.63) is 76.2 Å². The lowest BCUT2D eigenvalue weighted by atomic mass is 10.1. The highest BCUT2D eigenvalue weighted by Gasteiger charge is 2.22. The van der Waals surface area contributed by atoms with E-state index < -0.39 is 0 Å². The van der Waals surface area contributed by atoms with Gasteiger partial charge in [-0.25, -0.2) is 4.98 Å². The summed E-state index contributed by atoms with van der Waals surface area (Å²) in [6.45, 7) is 1.94. The third-order valence-corrected chi connectivity index (χ3v) is 7.10. The third kappa shape index (κ3) is 6.06. The summed E-state index contributed by atoms with van der Waals surface area (Å²) < 4.78 is 1.69. The maximum absolute atomic E-state index is 13.1. The zero-order chi connectivity index (χ0) is 23.2. The van der Waals surface area contributed by atoms with Crippen molar-refractivity contribution in [2.24, 2.45) is 0 Å². The number of fused-ring (bicyclic) bond motifs is 1. The number of nitrogens with one attached hydrogen (secondary N) is 2. The summed E-state index contributed by atoms with van der Waals surface area (Å²) in [5, 5.41) is 6.10. The molecule has 0 radical (unpaired) electrons. The number of rotatable bonds is 8. The van der Waals surface area contributed by atoms with E-state index in [1.807, 2.05) is 30.3 Å². The number of amides is 2. The SMILES string of the molecule is CC(=O)Nc1cccc(NC(=O)CSc2nc3c(c(=O)n2CCc2ccccc2)SCC3)c1. The average Bonchev–Trinajstić information content (AvgIpc) is 3.27. The van der Waals surface area contributed by atoms with Crippen molar-refractivity contribution in [2.75, 3.05) is 22.1 Å². The molecule has 4 rings (SSSR count). The van der Waals surface area contributed by atoms with Crippen LogP contribution >= 0.6 is 23.5 Å². The lowest BCUT2D eigenvalue weighted by molar-refractivity contribution is -0.114. The molecule has 0 atom stereocenters. The Kier molecular flexibility index (Phi) is 7.51. The number of anilines is 2. The molecule has 0 spiro atoms. The highest BCUT2D eigenvalue weighted by molar-refractivity contribution is 8.00. The Bertz CT molecular complexity index is 1230. The molecular weight excluding hydrogens is 456 g/mol. The molecule has 33 heavy (non-hydrogen) atoms. The molecule has 0 fully saturated rings. The van der Waals surface area contributed by atoms with Crippen LogP contribution < -0.4 is 16.2 Å². The minimum absolute atomic E-state index is 0.0238. The molecule has 0 saturated carbocycles. The third-order valence-electron chi connectivity index (χ3n) is 5.01. The number of thioether (sulfide) groups is 2. The lowest BCUT2D eigenvalue weighted by Gasteiger charge is -2.14. The van der Waals surface area contributed by atoms with Gasteiger partial charge in [0.2, 0.25) is 11.8 Å². The molecule has 170 valence electrons. The van der Waals surface area contributed by atoms with E-state index in [0.29, 0.717) is 29.5 Å². The molecule has 0 bridgehead atoms. The maximum atomic E-state index is 13.1. The molecule has 2 N–H and O–H groups in total. The van der Waals surface area contributed by atoms with Gasteiger partial charge in [-0.2, -0.15) is 0 Å². The first-order valence-electron chi connectivity index (χ1n) is 10.6. The Labute approximate surface area is 200 Å². The van der Waals surface area contributed by atoms with Gasteiger partial charge in [0, 0.05) is 37.0 Å². The number of hydrogen-bond donors (Lipinski definition) is 2. The Balaban J connectivity index is 1.47. The topological polar surface area (TPSA) is 93.1 Å². The van der Waals surface area contributed by atoms with Gasteiger partial charge < -0.3 is 10.6 Å². The molecule has 7 nitrogen and oxygen atoms in total. The standard InChI is InChI=1S/C24H24N4O3S2/c1-16(29)25-18-8-5-9-19(14-18)26-21(30)15-33-24-27-20-11-13-32-22(20)23(31)28(24)12-10-17-6-3-2-4-7-17/h2-9,14H,10-13,15H2,1H3,(H,25,29)(H,26,30). The molecule has 1 aliphatic heterocycles. The highest BCUT2D eigenvalue weighted by atomic mass is 32.2. The van der Waals surface area contributed by atoms with E-state index in [0.717, 1.165) is 28.3 Å². The number of aryl methyl sites for hydroxylation is 2. The zero-order valence-electron chi connectivity index (χ0n) is 18.2. The van der Waals surface area contributed by atoms with Crippen LogP contribution in [-0.2, 0) is 29.0 Å². The molecule has 1 aromatic heterocycles. The van der Waals surface area contributed by atoms with Crippen molar-refractivity contribution in [2.45, 2.75) is 36.4 Å². The molecule has 2 amide bonds. The van der Waals surface area contributed by atoms with Gasteiger partial charge in [0.1, 0.15) is 0 Å². The lowest BCUT2D eigenvalue weighted by Crippen LogP contribution is -2.27. The number of carbonyl (C=O) groups excluding carboxylic acids is 2. The summed E-state index contributed by atoms with van der Waals surface area (Å²) in [6, 6.07) is 17.0. The maximum Gasteiger partial charge on any atom is 0.268 e. The summed E-state index contributed by atoms with van der Waals surface area (Å²) in [6.07, 6.45) is 1.48. The first-order valence-corrected chi connectivity index (χ1v) is 12.6. The molecule has 0 saturated heterocycles. The van der Waals surface area contributed by atoms with Gasteiger partial charge >= 0.3 is 0 Å². The van der Waals surface area contributed by atoms with Crippen LogP contribution in [0.1, 0.15) is 18.2 Å². The van der Waals surface area contributed by atoms with Crippen LogP contribution in [0.5, 0.6) is 0 Å². The van der Waals surface area contributed by atoms with Crippen LogP contribution in [0.2, 0.25) is 0 Å². The Morgan fingerprint density at radius 1 is 1.09 bits per heavy atom. The predicted molar refractivity (Wildman–Crippen MR) is 133 cm³/mol. The fraction of sp³-hybridized carbons (Fsp3) is 0.250. The quantitative estimate of drug-likeness (QED) is 0.376. The molecule has 2 heterocycles. The Morgan fingerprint density at radius 3 is 2.61 bits per heavy atom. The normalized spacial score (nSPS) is 12.3. The number of hydrogen-bond acceptors (Lipinski definition) is 6. The summed E-state index contributed by atoms with van der Waals surface area (Å²) >= 11 is 2.82. The van der Waals surface area contributed by atoms with E-state index in [4.69, 9.17) is 4.98 Å². The summed E-state index contributed by atoms with van der Waals surface area (Å²) in [4.78, 5) is 42.4. The predicted octanol–water partition coefficient (Wildman–Crippen LogP) is 3.82. The van der Waals surface area contributed by atoms with Crippen molar-refractivity contribution in [3.63, 3.8) is 0 Å². The highest BCUT2D eigenvalue weighted by Crippen LogP contribution is 2.29. The van der Waals surface area contributed by atoms with Gasteiger partial charge in [-0.1, -0.05) is 48.2 Å². The largest absolute Gasteiger partial charge is 0.326 e. The van der Waals surface area contributed by atoms with Crippen LogP contribution in [0, 0.1) is 0 Å². The Morgan fingerprint density at radius 2 is 1.85 bits per heavy atom. The fourth-order valence-electron chi connectivity index (χ4n) is 3.52. The van der Waals surface area contributed by atoms with Crippen LogP contribution in [0.15, 0.2) is 69.4 Å². The van der Waals surface area contributed by atoms with Crippen LogP contribution in [0.25, 0.3) is 0 Å². The van der Waals surface area contributed by atoms with E-state index >= 15 is 0 Å². The van der Waals surface area contributed by atoms with Crippen LogP contribution in [0.4, 0.5) is 11.4 Å². The van der Waals surface area contributed by atoms with Crippen molar-refractivity contribution in [3.8, 4) is 0 Å². The smallest absolute Gasteiger partial charge is 0.268 e. The Hall–Kier alpha value is -3.04. The van der Waals surface area contributed by atoms with Gasteiger partial charge in [-0.3, -0.25) is 19.0 Å². The first-order chi connectivity index (χ1) is 16.0. The van der Waals surface area contributed by atoms with Gasteiger partial charge in [0.15, 0.2) is 5.16 Å². The van der Waals surface area contributed by atoms with Gasteiger partial charge in [0.05, 0.1) is 16.3 Å². The molecule has 3 aromatic rings. The van der Waals surface area contributed by atoms with E-state index in [-0.39, 0.29) is 23.1 Å². The molecule has 0 unspecified atom stereocenters. The number of benzene rings is 2. The van der Waals surface area contributed by atoms with Crippen molar-refractivity contribution < 1.29 is 9.59 Å². The molecule has 2 aromatic carbocycles. The van der Waals surface area contributed by atoms with Gasteiger partial charge in [0.25, 0.3) is 5.56 Å². The molecule has 9 heteroatoms. The number of carbonyl (C=O) groups is 2. The monoisotopic (exact) mass is 480 g/mol. The average molecular weight is 481 g/mol. The molecule has 0 aliphatic carbocycles. The minimum atomic E-state index is -0.210. The van der Waals surface area contributed by atoms with E-state index in [2.05, 4.69) is 10.6 Å². The first kappa shape index (κ1) is 23.1. The fourth-order valence-corrected chi connectivity index (χ4v) is 5.41. The number of nitrogens with zero attached hydrogens (tertiary/aromatic N) is 2. The summed E-state index contributed by atoms with van der Waals surface area (Å²) in [5.74, 6) is 0.589. The van der Waals surface area contributed by atoms with E-state index in [1.54, 1.807) is 40.6 Å². The van der Waals surface area contributed by atoms with Crippen LogP contribution in [0.3, 0.4) is 0 Å². The van der Waals surface area contributed by atoms with Gasteiger partial charge in [-0.05, 0) is 30.2 Å². The molecule has 1 aliphatic rings. The minimum Gasteiger partial charge on any atom is -0.326 e. The van der Waals surface area contributed by atoms with E-state index in [1.165, 1.54) is 18.7 Å². The summed E-state index contributed by atoms with van der Waals surface area (Å²) in [5.41, 5.74) is 3.15. The second-order valence-corrected chi connectivity index (χ2v) is 9.61. The van der Waals surface area contributed by atoms with E-state index in [9.17, 15) is 14.4 Å². The zero-order valence-corrected chi connectivity index (χ0v) is 19.8. The van der Waals surface area contributed by atoms with Crippen molar-refractivity contribution >= 4 is 46.7 Å².